The van der Waals surface area contributed by atoms with Crippen LogP contribution in [-0.4, -0.2) is 163 Å². The van der Waals surface area contributed by atoms with Crippen molar-refractivity contribution < 1.29 is 57.2 Å². The third-order valence-corrected chi connectivity index (χ3v) is 4.37. The molecule has 0 rings (SSSR count). The second-order valence-electron chi connectivity index (χ2n) is 7.18. The molecule has 37 heavy (non-hydrogen) atoms. The van der Waals surface area contributed by atoms with Gasteiger partial charge in [0.2, 0.25) is 0 Å². The summed E-state index contributed by atoms with van der Waals surface area (Å²) < 4.78 is 59.0. The molecule has 0 radical (unpaired) electrons. The Morgan fingerprint density at radius 3 is 0.595 bits per heavy atom. The lowest BCUT2D eigenvalue weighted by Crippen LogP contribution is -2.15. The molecule has 0 amide bonds. The van der Waals surface area contributed by atoms with Crippen LogP contribution in [0, 0.1) is 0 Å². The molecule has 0 aromatic carbocycles. The SMILES string of the molecule is OCCOCCOCCOCCOCCOCCOCCOCCOCCOCCOCCOCCS. The maximum atomic E-state index is 8.56. The van der Waals surface area contributed by atoms with Crippen molar-refractivity contribution in [2.24, 2.45) is 0 Å². The molecular formula is C24H50O12S. The zero-order valence-electron chi connectivity index (χ0n) is 22.4. The van der Waals surface area contributed by atoms with Crippen LogP contribution in [0.1, 0.15) is 0 Å². The summed E-state index contributed by atoms with van der Waals surface area (Å²) in [6.07, 6.45) is 0. The Balaban J connectivity index is 3.00. The van der Waals surface area contributed by atoms with Crippen molar-refractivity contribution in [1.82, 2.24) is 0 Å². The molecule has 0 aliphatic carbocycles. The van der Waals surface area contributed by atoms with Gasteiger partial charge in [0.05, 0.1) is 152 Å². The van der Waals surface area contributed by atoms with E-state index in [1.807, 2.05) is 0 Å². The van der Waals surface area contributed by atoms with Crippen molar-refractivity contribution in [2.45, 2.75) is 0 Å². The zero-order valence-corrected chi connectivity index (χ0v) is 23.3. The summed E-state index contributed by atoms with van der Waals surface area (Å²) in [5, 5.41) is 8.56. The lowest BCUT2D eigenvalue weighted by atomic mass is 10.6. The van der Waals surface area contributed by atoms with Crippen molar-refractivity contribution in [3.63, 3.8) is 0 Å². The maximum Gasteiger partial charge on any atom is 0.0701 e. The highest BCUT2D eigenvalue weighted by molar-refractivity contribution is 7.80. The van der Waals surface area contributed by atoms with Gasteiger partial charge >= 0.3 is 0 Å². The summed E-state index contributed by atoms with van der Waals surface area (Å²) in [6.45, 7) is 11.4. The van der Waals surface area contributed by atoms with Crippen LogP contribution in [0.5, 0.6) is 0 Å². The first-order chi connectivity index (χ1) is 18.4. The van der Waals surface area contributed by atoms with Crippen LogP contribution in [0.15, 0.2) is 0 Å². The highest BCUT2D eigenvalue weighted by Crippen LogP contribution is 1.87. The minimum Gasteiger partial charge on any atom is -0.394 e. The van der Waals surface area contributed by atoms with E-state index in [4.69, 9.17) is 57.2 Å². The molecule has 0 aliphatic rings. The predicted octanol–water partition coefficient (Wildman–Crippen LogP) is 0.0911. The van der Waals surface area contributed by atoms with E-state index in [-0.39, 0.29) is 6.61 Å². The van der Waals surface area contributed by atoms with E-state index in [0.717, 1.165) is 5.75 Å². The number of thiol groups is 1. The average molecular weight is 563 g/mol. The predicted molar refractivity (Wildman–Crippen MR) is 140 cm³/mol. The molecule has 0 fully saturated rings. The molecule has 0 atom stereocenters. The van der Waals surface area contributed by atoms with Crippen molar-refractivity contribution >= 4 is 12.6 Å². The summed E-state index contributed by atoms with van der Waals surface area (Å²) in [5.41, 5.74) is 0. The van der Waals surface area contributed by atoms with Gasteiger partial charge in [0, 0.05) is 5.75 Å². The van der Waals surface area contributed by atoms with Crippen molar-refractivity contribution in [3.05, 3.63) is 0 Å². The first-order valence-electron chi connectivity index (χ1n) is 13.0. The van der Waals surface area contributed by atoms with Gasteiger partial charge < -0.3 is 57.2 Å². The number of aliphatic hydroxyl groups is 1. The smallest absolute Gasteiger partial charge is 0.0701 e. The molecule has 13 heteroatoms. The van der Waals surface area contributed by atoms with Gasteiger partial charge in [0.15, 0.2) is 0 Å². The number of aliphatic hydroxyl groups excluding tert-OH is 1. The molecule has 0 aliphatic heterocycles. The third kappa shape index (κ3) is 35.9. The number of ether oxygens (including phenoxy) is 11. The van der Waals surface area contributed by atoms with Gasteiger partial charge in [-0.05, 0) is 0 Å². The summed E-state index contributed by atoms with van der Waals surface area (Å²) in [6, 6.07) is 0. The molecule has 0 aromatic heterocycles. The van der Waals surface area contributed by atoms with Crippen LogP contribution in [0.4, 0.5) is 0 Å². The lowest BCUT2D eigenvalue weighted by Gasteiger charge is -2.09. The lowest BCUT2D eigenvalue weighted by molar-refractivity contribution is -0.0277. The van der Waals surface area contributed by atoms with E-state index >= 15 is 0 Å². The monoisotopic (exact) mass is 562 g/mol. The Hall–Kier alpha value is -0.130. The van der Waals surface area contributed by atoms with Crippen LogP contribution < -0.4 is 0 Å². The third-order valence-electron chi connectivity index (χ3n) is 4.19. The fraction of sp³-hybridized carbons (Fsp3) is 1.00. The molecule has 0 spiro atoms. The van der Waals surface area contributed by atoms with E-state index in [2.05, 4.69) is 12.6 Å². The van der Waals surface area contributed by atoms with E-state index in [1.165, 1.54) is 0 Å². The van der Waals surface area contributed by atoms with Gasteiger partial charge in [-0.1, -0.05) is 0 Å². The van der Waals surface area contributed by atoms with Gasteiger partial charge in [0.25, 0.3) is 0 Å². The van der Waals surface area contributed by atoms with E-state index < -0.39 is 0 Å². The molecule has 1 N–H and O–H groups in total. The molecule has 0 heterocycles. The van der Waals surface area contributed by atoms with Crippen LogP contribution in [0.25, 0.3) is 0 Å². The highest BCUT2D eigenvalue weighted by Gasteiger charge is 1.96. The second kappa shape index (κ2) is 35.9. The molecule has 0 saturated carbocycles. The quantitative estimate of drug-likeness (QED) is 0.0817. The number of hydrogen-bond donors (Lipinski definition) is 2. The van der Waals surface area contributed by atoms with Crippen molar-refractivity contribution in [3.8, 4) is 0 Å². The van der Waals surface area contributed by atoms with E-state index in [9.17, 15) is 0 Å². The second-order valence-corrected chi connectivity index (χ2v) is 7.63. The Morgan fingerprint density at radius 2 is 0.432 bits per heavy atom. The van der Waals surface area contributed by atoms with Crippen LogP contribution in [0.2, 0.25) is 0 Å². The van der Waals surface area contributed by atoms with Gasteiger partial charge in [0.1, 0.15) is 0 Å². The molecule has 0 unspecified atom stereocenters. The van der Waals surface area contributed by atoms with Gasteiger partial charge in [-0.3, -0.25) is 0 Å². The van der Waals surface area contributed by atoms with E-state index in [1.54, 1.807) is 0 Å². The largest absolute Gasteiger partial charge is 0.394 e. The molecule has 224 valence electrons. The summed E-state index contributed by atoms with van der Waals surface area (Å²) in [5.74, 6) is 0.720. The topological polar surface area (TPSA) is 122 Å². The van der Waals surface area contributed by atoms with Crippen LogP contribution in [0.3, 0.4) is 0 Å². The standard InChI is InChI=1S/C24H50O12S/c25-1-2-26-3-4-27-5-6-28-7-8-29-9-10-30-11-12-31-13-14-32-15-16-33-17-18-34-19-20-35-21-22-36-23-24-37/h25,37H,1-24H2. The molecular weight excluding hydrogens is 512 g/mol. The minimum atomic E-state index is 0.0274. The molecule has 0 saturated heterocycles. The highest BCUT2D eigenvalue weighted by atomic mass is 32.1. The maximum absolute atomic E-state index is 8.56. The summed E-state index contributed by atoms with van der Waals surface area (Å²) >= 11 is 4.06. The Kier molecular flexibility index (Phi) is 35.7. The minimum absolute atomic E-state index is 0.0274. The Labute approximate surface area is 227 Å². The molecule has 0 aromatic rings. The van der Waals surface area contributed by atoms with Gasteiger partial charge in [-0.2, -0.15) is 12.6 Å². The molecule has 12 nitrogen and oxygen atoms in total. The van der Waals surface area contributed by atoms with Crippen molar-refractivity contribution in [1.29, 1.82) is 0 Å². The zero-order chi connectivity index (χ0) is 26.7. The summed E-state index contributed by atoms with van der Waals surface area (Å²) in [4.78, 5) is 0. The normalized spacial score (nSPS) is 11.5. The van der Waals surface area contributed by atoms with Gasteiger partial charge in [-0.15, -0.1) is 0 Å². The van der Waals surface area contributed by atoms with Gasteiger partial charge in [-0.25, -0.2) is 0 Å². The first kappa shape index (κ1) is 36.9. The summed E-state index contributed by atoms with van der Waals surface area (Å²) in [7, 11) is 0. The Morgan fingerprint density at radius 1 is 0.270 bits per heavy atom. The number of hydrogen-bond acceptors (Lipinski definition) is 13. The molecule has 0 bridgehead atoms. The Bertz CT molecular complexity index is 365. The fourth-order valence-corrected chi connectivity index (χ4v) is 2.56. The van der Waals surface area contributed by atoms with E-state index in [0.29, 0.717) is 145 Å². The fourth-order valence-electron chi connectivity index (χ4n) is 2.43. The number of rotatable bonds is 34. The first-order valence-corrected chi connectivity index (χ1v) is 13.6. The van der Waals surface area contributed by atoms with Crippen LogP contribution >= 0.6 is 12.6 Å². The van der Waals surface area contributed by atoms with Crippen molar-refractivity contribution in [2.75, 3.05) is 158 Å². The van der Waals surface area contributed by atoms with Crippen LogP contribution in [-0.2, 0) is 52.1 Å². The average Bonchev–Trinajstić information content (AvgIpc) is 2.91.